The molecule has 0 aliphatic rings. The van der Waals surface area contributed by atoms with Crippen LogP contribution in [0.1, 0.15) is 11.1 Å². The van der Waals surface area contributed by atoms with E-state index in [2.05, 4.69) is 28.7 Å². The van der Waals surface area contributed by atoms with Crippen molar-refractivity contribution in [2.75, 3.05) is 11.9 Å². The first kappa shape index (κ1) is 21.4. The Morgan fingerprint density at radius 2 is 1.72 bits per heavy atom. The minimum Gasteiger partial charge on any atom is -0.487 e. The van der Waals surface area contributed by atoms with Crippen LogP contribution in [0.3, 0.4) is 0 Å². The van der Waals surface area contributed by atoms with E-state index in [4.69, 9.17) is 21.2 Å². The van der Waals surface area contributed by atoms with E-state index in [0.29, 0.717) is 23.1 Å². The van der Waals surface area contributed by atoms with Gasteiger partial charge in [-0.15, -0.1) is 0 Å². The number of hydrogen-bond donors (Lipinski definition) is 1. The predicted octanol–water partition coefficient (Wildman–Crippen LogP) is 6.06. The molecule has 32 heavy (non-hydrogen) atoms. The highest BCUT2D eigenvalue weighted by atomic mass is 35.5. The lowest BCUT2D eigenvalue weighted by Crippen LogP contribution is -2.16. The number of nitrogens with one attached hydrogen (secondary N) is 1. The topological polar surface area (TPSA) is 59.9 Å². The summed E-state index contributed by atoms with van der Waals surface area (Å²) >= 11 is 6.38. The van der Waals surface area contributed by atoms with Gasteiger partial charge in [-0.3, -0.25) is 4.79 Å². The molecule has 0 atom stereocenters. The quantitative estimate of drug-likeness (QED) is 0.265. The van der Waals surface area contributed by atoms with Crippen molar-refractivity contribution in [2.45, 2.75) is 6.61 Å². The van der Waals surface area contributed by atoms with E-state index in [1.807, 2.05) is 48.5 Å². The lowest BCUT2D eigenvalue weighted by molar-refractivity contribution is -0.120. The third kappa shape index (κ3) is 5.65. The molecule has 0 aromatic heterocycles. The number of benzene rings is 4. The number of anilines is 1. The van der Waals surface area contributed by atoms with Crippen molar-refractivity contribution in [3.05, 3.63) is 107 Å². The summed E-state index contributed by atoms with van der Waals surface area (Å²) in [5.74, 6) is 0.295. The van der Waals surface area contributed by atoms with Gasteiger partial charge in [0.05, 0.1) is 11.2 Å². The van der Waals surface area contributed by atoms with Crippen molar-refractivity contribution >= 4 is 40.2 Å². The normalized spacial score (nSPS) is 10.9. The summed E-state index contributed by atoms with van der Waals surface area (Å²) in [6.45, 7) is 0.222. The summed E-state index contributed by atoms with van der Waals surface area (Å²) in [6.07, 6.45) is 1.50. The molecule has 0 aliphatic heterocycles. The Balaban J connectivity index is 1.30. The number of carbonyl (C=O) groups excluding carboxylic acids is 1. The van der Waals surface area contributed by atoms with Crippen LogP contribution in [-0.4, -0.2) is 18.7 Å². The zero-order chi connectivity index (χ0) is 22.2. The van der Waals surface area contributed by atoms with Gasteiger partial charge in [0.1, 0.15) is 12.4 Å². The Bertz CT molecular complexity index is 1240. The van der Waals surface area contributed by atoms with Crippen molar-refractivity contribution in [3.63, 3.8) is 0 Å². The highest BCUT2D eigenvalue weighted by molar-refractivity contribution is 6.32. The Kier molecular flexibility index (Phi) is 7.00. The molecule has 0 saturated heterocycles. The van der Waals surface area contributed by atoms with E-state index >= 15 is 0 Å². The molecule has 6 heteroatoms. The second-order valence-electron chi connectivity index (χ2n) is 7.04. The van der Waals surface area contributed by atoms with Crippen molar-refractivity contribution in [1.82, 2.24) is 0 Å². The fourth-order valence-corrected chi connectivity index (χ4v) is 3.44. The molecule has 160 valence electrons. The molecule has 1 N–H and O–H groups in total. The Morgan fingerprint density at radius 1 is 0.938 bits per heavy atom. The molecule has 1 amide bonds. The minimum atomic E-state index is -0.288. The number of carbonyl (C=O) groups is 1. The summed E-state index contributed by atoms with van der Waals surface area (Å²) < 4.78 is 5.94. The zero-order valence-corrected chi connectivity index (χ0v) is 18.0. The first-order chi connectivity index (χ1) is 15.7. The fourth-order valence-electron chi connectivity index (χ4n) is 3.20. The molecule has 0 unspecified atom stereocenters. The summed E-state index contributed by atoms with van der Waals surface area (Å²) in [7, 11) is 0. The van der Waals surface area contributed by atoms with E-state index in [0.717, 1.165) is 16.5 Å². The van der Waals surface area contributed by atoms with Gasteiger partial charge in [0, 0.05) is 5.69 Å². The lowest BCUT2D eigenvalue weighted by atomic mass is 10.1. The van der Waals surface area contributed by atoms with Gasteiger partial charge in [-0.2, -0.15) is 0 Å². The van der Waals surface area contributed by atoms with Crippen LogP contribution in [0.4, 0.5) is 5.69 Å². The fraction of sp³-hybridized carbons (Fsp3) is 0.0769. The van der Waals surface area contributed by atoms with Crippen LogP contribution >= 0.6 is 11.6 Å². The van der Waals surface area contributed by atoms with E-state index in [9.17, 15) is 4.79 Å². The van der Waals surface area contributed by atoms with E-state index < -0.39 is 0 Å². The summed E-state index contributed by atoms with van der Waals surface area (Å²) in [5.41, 5.74) is 2.53. The molecule has 0 bridgehead atoms. The van der Waals surface area contributed by atoms with E-state index in [1.165, 1.54) is 11.6 Å². The molecule has 0 heterocycles. The summed E-state index contributed by atoms with van der Waals surface area (Å²) in [4.78, 5) is 16.9. The van der Waals surface area contributed by atoms with Gasteiger partial charge >= 0.3 is 0 Å². The van der Waals surface area contributed by atoms with E-state index in [-0.39, 0.29) is 12.5 Å². The molecule has 4 aromatic rings. The predicted molar refractivity (Wildman–Crippen MR) is 128 cm³/mol. The third-order valence-corrected chi connectivity index (χ3v) is 5.04. The van der Waals surface area contributed by atoms with Gasteiger partial charge in [-0.1, -0.05) is 77.4 Å². The molecular formula is C26H21ClN2O3. The minimum absolute atomic E-state index is 0.189. The SMILES string of the molecule is O=C(CON=Cc1ccc(OCc2cccc3ccccc23)c(Cl)c1)Nc1ccccc1. The molecule has 0 saturated carbocycles. The number of ether oxygens (including phenoxy) is 1. The van der Waals surface area contributed by atoms with Gasteiger partial charge in [0.15, 0.2) is 6.61 Å². The average molecular weight is 445 g/mol. The van der Waals surface area contributed by atoms with Crippen LogP contribution in [0.2, 0.25) is 5.02 Å². The van der Waals surface area contributed by atoms with Crippen LogP contribution in [0.25, 0.3) is 10.8 Å². The molecule has 4 rings (SSSR count). The third-order valence-electron chi connectivity index (χ3n) is 4.75. The highest BCUT2D eigenvalue weighted by Crippen LogP contribution is 2.27. The largest absolute Gasteiger partial charge is 0.487 e. The van der Waals surface area contributed by atoms with Crippen LogP contribution in [0.5, 0.6) is 5.75 Å². The number of halogens is 1. The van der Waals surface area contributed by atoms with Crippen molar-refractivity contribution in [2.24, 2.45) is 5.16 Å². The maximum Gasteiger partial charge on any atom is 0.265 e. The first-order valence-corrected chi connectivity index (χ1v) is 10.5. The number of amides is 1. The van der Waals surface area contributed by atoms with Crippen molar-refractivity contribution in [3.8, 4) is 5.75 Å². The molecule has 0 aliphatic carbocycles. The Labute approximate surface area is 191 Å². The number of nitrogens with zero attached hydrogens (tertiary/aromatic N) is 1. The number of para-hydroxylation sites is 1. The summed E-state index contributed by atoms with van der Waals surface area (Å²) in [5, 5.41) is 9.35. The molecule has 5 nitrogen and oxygen atoms in total. The van der Waals surface area contributed by atoms with Gasteiger partial charge in [-0.05, 0) is 52.2 Å². The van der Waals surface area contributed by atoms with Crippen molar-refractivity contribution < 1.29 is 14.4 Å². The number of rotatable bonds is 8. The van der Waals surface area contributed by atoms with Crippen LogP contribution in [-0.2, 0) is 16.2 Å². The maximum absolute atomic E-state index is 11.8. The van der Waals surface area contributed by atoms with E-state index in [1.54, 1.807) is 24.3 Å². The van der Waals surface area contributed by atoms with Gasteiger partial charge in [-0.25, -0.2) is 0 Å². The number of hydrogen-bond acceptors (Lipinski definition) is 4. The zero-order valence-electron chi connectivity index (χ0n) is 17.2. The van der Waals surface area contributed by atoms with Crippen LogP contribution in [0, 0.1) is 0 Å². The number of oxime groups is 1. The molecule has 0 fully saturated rings. The second kappa shape index (κ2) is 10.5. The van der Waals surface area contributed by atoms with Gasteiger partial charge in [0.25, 0.3) is 5.91 Å². The van der Waals surface area contributed by atoms with Crippen LogP contribution in [0.15, 0.2) is 96.2 Å². The highest BCUT2D eigenvalue weighted by Gasteiger charge is 2.06. The maximum atomic E-state index is 11.8. The Hall–Kier alpha value is -3.83. The lowest BCUT2D eigenvalue weighted by Gasteiger charge is -2.11. The smallest absolute Gasteiger partial charge is 0.265 e. The van der Waals surface area contributed by atoms with Gasteiger partial charge < -0.3 is 14.9 Å². The number of fused-ring (bicyclic) bond motifs is 1. The second-order valence-corrected chi connectivity index (χ2v) is 7.45. The van der Waals surface area contributed by atoms with Gasteiger partial charge in [0.2, 0.25) is 0 Å². The van der Waals surface area contributed by atoms with Crippen molar-refractivity contribution in [1.29, 1.82) is 0 Å². The summed E-state index contributed by atoms with van der Waals surface area (Å²) in [6, 6.07) is 28.8. The molecular weight excluding hydrogens is 424 g/mol. The molecule has 4 aromatic carbocycles. The van der Waals surface area contributed by atoms with Crippen LogP contribution < -0.4 is 10.1 Å². The molecule has 0 spiro atoms. The average Bonchev–Trinajstić information content (AvgIpc) is 2.82. The standard InChI is InChI=1S/C26H21ClN2O3/c27-24-15-19(16-28-32-18-26(30)29-22-10-2-1-3-11-22)13-14-25(24)31-17-21-9-6-8-20-7-4-5-12-23(20)21/h1-16H,17-18H2,(H,29,30). The monoisotopic (exact) mass is 444 g/mol. The first-order valence-electron chi connectivity index (χ1n) is 10.1. The Morgan fingerprint density at radius 3 is 2.56 bits per heavy atom. The molecule has 0 radical (unpaired) electrons.